The Morgan fingerprint density at radius 2 is 2.13 bits per heavy atom. The zero-order valence-electron chi connectivity index (χ0n) is 10.1. The van der Waals surface area contributed by atoms with Gasteiger partial charge in [0.1, 0.15) is 0 Å². The van der Waals surface area contributed by atoms with Gasteiger partial charge in [0.25, 0.3) is 0 Å². The van der Waals surface area contributed by atoms with Gasteiger partial charge in [0, 0.05) is 18.6 Å². The van der Waals surface area contributed by atoms with E-state index in [0.29, 0.717) is 17.5 Å². The maximum Gasteiger partial charge on any atom is 0.00820 e. The van der Waals surface area contributed by atoms with Gasteiger partial charge in [-0.2, -0.15) is 0 Å². The Morgan fingerprint density at radius 1 is 1.33 bits per heavy atom. The Balaban J connectivity index is 1.68. The maximum absolute atomic E-state index is 6.00. The van der Waals surface area contributed by atoms with Crippen LogP contribution in [0.4, 0.5) is 0 Å². The molecule has 2 nitrogen and oxygen atoms in total. The fraction of sp³-hybridized carbons (Fsp3) is 1.00. The van der Waals surface area contributed by atoms with Gasteiger partial charge in [-0.1, -0.05) is 19.8 Å². The highest BCUT2D eigenvalue weighted by Gasteiger charge is 2.41. The van der Waals surface area contributed by atoms with Crippen LogP contribution in [0.2, 0.25) is 0 Å². The molecule has 15 heavy (non-hydrogen) atoms. The summed E-state index contributed by atoms with van der Waals surface area (Å²) in [5.41, 5.74) is 6.69. The summed E-state index contributed by atoms with van der Waals surface area (Å²) in [5.74, 6) is 0. The molecule has 0 radical (unpaired) electrons. The fourth-order valence-electron chi connectivity index (χ4n) is 3.00. The largest absolute Gasteiger partial charge is 0.328 e. The lowest BCUT2D eigenvalue weighted by Gasteiger charge is -2.29. The van der Waals surface area contributed by atoms with Gasteiger partial charge in [0.05, 0.1) is 0 Å². The quantitative estimate of drug-likeness (QED) is 0.731. The Kier molecular flexibility index (Phi) is 3.68. The summed E-state index contributed by atoms with van der Waals surface area (Å²) in [6.07, 6.45) is 10.7. The molecular weight excluding hydrogens is 184 g/mol. The van der Waals surface area contributed by atoms with Crippen molar-refractivity contribution < 1.29 is 0 Å². The molecule has 2 unspecified atom stereocenters. The molecule has 0 heterocycles. The highest BCUT2D eigenvalue weighted by atomic mass is 14.9. The standard InChI is InChI=1S/C13H26N2/c1-2-6-13(7-8-13)10-15-12-5-3-4-11(14)9-12/h11-12,15H,2-10,14H2,1H3. The molecule has 2 aliphatic carbocycles. The minimum Gasteiger partial charge on any atom is -0.328 e. The number of hydrogen-bond donors (Lipinski definition) is 2. The maximum atomic E-state index is 6.00. The van der Waals surface area contributed by atoms with Crippen LogP contribution in [0, 0.1) is 5.41 Å². The fourth-order valence-corrected chi connectivity index (χ4v) is 3.00. The van der Waals surface area contributed by atoms with Gasteiger partial charge in [0.15, 0.2) is 0 Å². The van der Waals surface area contributed by atoms with Crippen molar-refractivity contribution >= 4 is 0 Å². The van der Waals surface area contributed by atoms with Crippen molar-refractivity contribution in [2.75, 3.05) is 6.54 Å². The van der Waals surface area contributed by atoms with E-state index in [1.807, 2.05) is 0 Å². The van der Waals surface area contributed by atoms with Gasteiger partial charge in [-0.3, -0.25) is 0 Å². The lowest BCUT2D eigenvalue weighted by molar-refractivity contribution is 0.307. The molecule has 0 aromatic rings. The third kappa shape index (κ3) is 3.18. The molecule has 0 saturated heterocycles. The lowest BCUT2D eigenvalue weighted by Crippen LogP contribution is -2.41. The average Bonchev–Trinajstić information content (AvgIpc) is 2.97. The van der Waals surface area contributed by atoms with E-state index in [1.54, 1.807) is 0 Å². The van der Waals surface area contributed by atoms with E-state index in [9.17, 15) is 0 Å². The van der Waals surface area contributed by atoms with Crippen LogP contribution >= 0.6 is 0 Å². The van der Waals surface area contributed by atoms with Crippen molar-refractivity contribution in [3.05, 3.63) is 0 Å². The third-order valence-electron chi connectivity index (χ3n) is 4.22. The molecule has 2 heteroatoms. The van der Waals surface area contributed by atoms with E-state index >= 15 is 0 Å². The van der Waals surface area contributed by atoms with Crippen molar-refractivity contribution in [3.63, 3.8) is 0 Å². The second-order valence-electron chi connectivity index (χ2n) is 5.75. The number of rotatable bonds is 5. The summed E-state index contributed by atoms with van der Waals surface area (Å²) in [7, 11) is 0. The van der Waals surface area contributed by atoms with Crippen LogP contribution in [0.25, 0.3) is 0 Å². The van der Waals surface area contributed by atoms with Gasteiger partial charge in [0.2, 0.25) is 0 Å². The summed E-state index contributed by atoms with van der Waals surface area (Å²) in [6, 6.07) is 1.17. The molecule has 2 rings (SSSR count). The zero-order chi connectivity index (χ0) is 10.7. The van der Waals surface area contributed by atoms with Crippen molar-refractivity contribution in [2.45, 2.75) is 70.4 Å². The van der Waals surface area contributed by atoms with Crippen molar-refractivity contribution in [3.8, 4) is 0 Å². The summed E-state index contributed by atoms with van der Waals surface area (Å²) in [6.45, 7) is 3.55. The Hall–Kier alpha value is -0.0800. The third-order valence-corrected chi connectivity index (χ3v) is 4.22. The van der Waals surface area contributed by atoms with Gasteiger partial charge in [-0.15, -0.1) is 0 Å². The van der Waals surface area contributed by atoms with Crippen LogP contribution in [-0.4, -0.2) is 18.6 Å². The molecule has 2 saturated carbocycles. The predicted octanol–water partition coefficient (Wildman–Crippen LogP) is 2.43. The number of nitrogens with one attached hydrogen (secondary N) is 1. The van der Waals surface area contributed by atoms with Crippen LogP contribution < -0.4 is 11.1 Å². The highest BCUT2D eigenvalue weighted by molar-refractivity contribution is 4.95. The minimum atomic E-state index is 0.456. The second-order valence-corrected chi connectivity index (χ2v) is 5.75. The second kappa shape index (κ2) is 4.84. The summed E-state index contributed by atoms with van der Waals surface area (Å²) >= 11 is 0. The van der Waals surface area contributed by atoms with Gasteiger partial charge >= 0.3 is 0 Å². The molecule has 0 bridgehead atoms. The molecule has 2 aliphatic rings. The van der Waals surface area contributed by atoms with Gasteiger partial charge in [-0.25, -0.2) is 0 Å². The first-order valence-electron chi connectivity index (χ1n) is 6.73. The first-order valence-corrected chi connectivity index (χ1v) is 6.73. The molecule has 0 amide bonds. The SMILES string of the molecule is CCCC1(CNC2CCCC(N)C2)CC1. The molecule has 0 aromatic heterocycles. The molecule has 3 N–H and O–H groups in total. The smallest absolute Gasteiger partial charge is 0.00820 e. The van der Waals surface area contributed by atoms with E-state index in [1.165, 1.54) is 57.9 Å². The number of hydrogen-bond acceptors (Lipinski definition) is 2. The Labute approximate surface area is 94.0 Å². The molecule has 0 aliphatic heterocycles. The van der Waals surface area contributed by atoms with Crippen LogP contribution in [0.1, 0.15) is 58.3 Å². The summed E-state index contributed by atoms with van der Waals surface area (Å²) < 4.78 is 0. The zero-order valence-corrected chi connectivity index (χ0v) is 10.1. The van der Waals surface area contributed by atoms with E-state index in [2.05, 4.69) is 12.2 Å². The molecule has 0 aromatic carbocycles. The summed E-state index contributed by atoms with van der Waals surface area (Å²) in [4.78, 5) is 0. The summed E-state index contributed by atoms with van der Waals surface area (Å²) in [5, 5.41) is 3.76. The average molecular weight is 210 g/mol. The molecule has 88 valence electrons. The first-order chi connectivity index (χ1) is 7.24. The van der Waals surface area contributed by atoms with Gasteiger partial charge < -0.3 is 11.1 Å². The number of nitrogens with two attached hydrogens (primary N) is 1. The van der Waals surface area contributed by atoms with E-state index in [-0.39, 0.29) is 0 Å². The topological polar surface area (TPSA) is 38.0 Å². The van der Waals surface area contributed by atoms with Crippen molar-refractivity contribution in [1.82, 2.24) is 5.32 Å². The predicted molar refractivity (Wildman–Crippen MR) is 64.8 cm³/mol. The van der Waals surface area contributed by atoms with E-state index < -0.39 is 0 Å². The van der Waals surface area contributed by atoms with Crippen LogP contribution in [-0.2, 0) is 0 Å². The molecular formula is C13H26N2. The lowest BCUT2D eigenvalue weighted by atomic mass is 9.90. The Bertz CT molecular complexity index is 199. The first kappa shape index (κ1) is 11.4. The van der Waals surface area contributed by atoms with Gasteiger partial charge in [-0.05, 0) is 43.9 Å². The van der Waals surface area contributed by atoms with Crippen molar-refractivity contribution in [2.24, 2.45) is 11.1 Å². The van der Waals surface area contributed by atoms with Crippen LogP contribution in [0.15, 0.2) is 0 Å². The van der Waals surface area contributed by atoms with E-state index in [0.717, 1.165) is 0 Å². The normalized spacial score (nSPS) is 34.0. The monoisotopic (exact) mass is 210 g/mol. The van der Waals surface area contributed by atoms with Crippen molar-refractivity contribution in [1.29, 1.82) is 0 Å². The van der Waals surface area contributed by atoms with Crippen LogP contribution in [0.3, 0.4) is 0 Å². The van der Waals surface area contributed by atoms with E-state index in [4.69, 9.17) is 5.73 Å². The highest BCUT2D eigenvalue weighted by Crippen LogP contribution is 2.49. The molecule has 2 atom stereocenters. The minimum absolute atomic E-state index is 0.456. The molecule has 0 spiro atoms. The molecule has 2 fully saturated rings. The Morgan fingerprint density at radius 3 is 2.73 bits per heavy atom. The van der Waals surface area contributed by atoms with Crippen LogP contribution in [0.5, 0.6) is 0 Å².